The third-order valence-electron chi connectivity index (χ3n) is 6.05. The summed E-state index contributed by atoms with van der Waals surface area (Å²) in [5, 5.41) is 9.08. The maximum atomic E-state index is 13.5. The van der Waals surface area contributed by atoms with Crippen LogP contribution >= 0.6 is 23.2 Å². The number of carbonyl (C=O) groups is 1. The smallest absolute Gasteiger partial charge is 0.385 e. The number of ether oxygens (including phenoxy) is 1. The largest absolute Gasteiger partial charge is 0.435 e. The fraction of sp³-hybridized carbons (Fsp3) is 0.455. The first-order chi connectivity index (χ1) is 16.1. The summed E-state index contributed by atoms with van der Waals surface area (Å²) < 4.78 is 46.6. The first kappa shape index (κ1) is 24.8. The van der Waals surface area contributed by atoms with Gasteiger partial charge in [0.05, 0.1) is 15.6 Å². The lowest BCUT2D eigenvalue weighted by molar-refractivity contribution is -0.141. The van der Waals surface area contributed by atoms with E-state index in [2.05, 4.69) is 15.8 Å². The summed E-state index contributed by atoms with van der Waals surface area (Å²) in [6, 6.07) is 4.80. The average molecular weight is 518 g/mol. The molecule has 0 aliphatic carbocycles. The number of alkyl halides is 3. The van der Waals surface area contributed by atoms with Crippen molar-refractivity contribution in [2.45, 2.75) is 44.4 Å². The van der Waals surface area contributed by atoms with Gasteiger partial charge in [-0.25, -0.2) is 9.69 Å². The van der Waals surface area contributed by atoms with Crippen LogP contribution in [0.25, 0.3) is 0 Å². The van der Waals surface area contributed by atoms with E-state index in [1.54, 1.807) is 26.2 Å². The number of halogens is 5. The molecule has 0 saturated carbocycles. The molecule has 2 N–H and O–H groups in total. The zero-order valence-electron chi connectivity index (χ0n) is 18.5. The predicted octanol–water partition coefficient (Wildman–Crippen LogP) is 5.03. The molecule has 2 aliphatic heterocycles. The molecule has 34 heavy (non-hydrogen) atoms. The number of hydrazine groups is 1. The molecule has 1 saturated heterocycles. The Bertz CT molecular complexity index is 1120. The minimum absolute atomic E-state index is 0.113. The SMILES string of the molecule is COCC[C@H]1CCCN1NC(=O)C1=C(C)Nc2cc(C(F)(F)F)nn2C1c1ccc(Cl)c(Cl)c1. The Hall–Kier alpha value is -2.27. The van der Waals surface area contributed by atoms with Crippen LogP contribution in [0.4, 0.5) is 19.0 Å². The standard InChI is InChI=1S/C22H24Cl2F3N5O2/c1-12-19(21(33)30-31-8-3-4-14(31)7-9-34-2)20(13-5-6-15(23)16(24)10-13)32-18(28-12)11-17(29-32)22(25,26)27/h5-6,10-11,14,20,28H,3-4,7-9H2,1-2H3,(H,30,33)/t14-,20?/m1/s1. The summed E-state index contributed by atoms with van der Waals surface area (Å²) in [6.07, 6.45) is -2.07. The molecule has 3 heterocycles. The van der Waals surface area contributed by atoms with Crippen LogP contribution in [0.2, 0.25) is 10.0 Å². The number of amides is 1. The number of hydrogen-bond acceptors (Lipinski definition) is 5. The molecule has 1 amide bonds. The third-order valence-corrected chi connectivity index (χ3v) is 6.78. The molecule has 1 aromatic carbocycles. The monoisotopic (exact) mass is 517 g/mol. The number of benzene rings is 1. The highest BCUT2D eigenvalue weighted by Crippen LogP contribution is 2.40. The van der Waals surface area contributed by atoms with Crippen molar-refractivity contribution in [1.29, 1.82) is 0 Å². The van der Waals surface area contributed by atoms with Crippen molar-refractivity contribution in [3.63, 3.8) is 0 Å². The Labute approximate surface area is 204 Å². The summed E-state index contributed by atoms with van der Waals surface area (Å²) in [5.41, 5.74) is 3.03. The number of anilines is 1. The number of fused-ring (bicyclic) bond motifs is 1. The van der Waals surface area contributed by atoms with Gasteiger partial charge in [-0.1, -0.05) is 29.3 Å². The zero-order valence-corrected chi connectivity index (χ0v) is 20.1. The zero-order chi connectivity index (χ0) is 24.6. The maximum absolute atomic E-state index is 13.5. The van der Waals surface area contributed by atoms with Gasteiger partial charge in [0.1, 0.15) is 11.9 Å². The van der Waals surface area contributed by atoms with E-state index < -0.39 is 23.8 Å². The second kappa shape index (κ2) is 9.77. The van der Waals surface area contributed by atoms with Gasteiger partial charge in [0.15, 0.2) is 5.69 Å². The van der Waals surface area contributed by atoms with E-state index in [4.69, 9.17) is 27.9 Å². The Morgan fingerprint density at radius 1 is 1.29 bits per heavy atom. The van der Waals surface area contributed by atoms with Gasteiger partial charge < -0.3 is 10.1 Å². The minimum Gasteiger partial charge on any atom is -0.385 e. The van der Waals surface area contributed by atoms with Gasteiger partial charge in [-0.05, 0) is 43.9 Å². The normalized spacial score (nSPS) is 20.9. The van der Waals surface area contributed by atoms with Crippen LogP contribution in [-0.2, 0) is 15.7 Å². The van der Waals surface area contributed by atoms with E-state index >= 15 is 0 Å². The molecule has 0 spiro atoms. The van der Waals surface area contributed by atoms with Gasteiger partial charge in [0.2, 0.25) is 0 Å². The minimum atomic E-state index is -4.64. The third kappa shape index (κ3) is 4.91. The van der Waals surface area contributed by atoms with E-state index in [0.29, 0.717) is 29.4 Å². The number of methoxy groups -OCH3 is 1. The number of allylic oxidation sites excluding steroid dienone is 1. The fourth-order valence-corrected chi connectivity index (χ4v) is 4.73. The van der Waals surface area contributed by atoms with Crippen LogP contribution in [0.1, 0.15) is 43.5 Å². The van der Waals surface area contributed by atoms with Gasteiger partial charge >= 0.3 is 6.18 Å². The van der Waals surface area contributed by atoms with Crippen LogP contribution in [-0.4, -0.2) is 47.0 Å². The highest BCUT2D eigenvalue weighted by molar-refractivity contribution is 6.42. The lowest BCUT2D eigenvalue weighted by Gasteiger charge is -2.32. The predicted molar refractivity (Wildman–Crippen MR) is 123 cm³/mol. The number of nitrogens with zero attached hydrogens (tertiary/aromatic N) is 3. The number of carbonyl (C=O) groups excluding carboxylic acids is 1. The van der Waals surface area contributed by atoms with Crippen molar-refractivity contribution < 1.29 is 22.7 Å². The molecule has 1 aromatic heterocycles. The van der Waals surface area contributed by atoms with Crippen LogP contribution in [0.3, 0.4) is 0 Å². The van der Waals surface area contributed by atoms with Gasteiger partial charge in [-0.2, -0.15) is 18.3 Å². The van der Waals surface area contributed by atoms with Crippen LogP contribution in [0.15, 0.2) is 35.5 Å². The van der Waals surface area contributed by atoms with E-state index in [1.165, 1.54) is 6.07 Å². The average Bonchev–Trinajstić information content (AvgIpc) is 3.39. The highest BCUT2D eigenvalue weighted by Gasteiger charge is 2.40. The summed E-state index contributed by atoms with van der Waals surface area (Å²) in [5.74, 6) is -0.309. The maximum Gasteiger partial charge on any atom is 0.435 e. The summed E-state index contributed by atoms with van der Waals surface area (Å²) in [4.78, 5) is 13.5. The van der Waals surface area contributed by atoms with E-state index in [-0.39, 0.29) is 22.5 Å². The number of nitrogens with one attached hydrogen (secondary N) is 2. The highest BCUT2D eigenvalue weighted by atomic mass is 35.5. The lowest BCUT2D eigenvalue weighted by atomic mass is 9.95. The van der Waals surface area contributed by atoms with Crippen molar-refractivity contribution in [3.8, 4) is 0 Å². The molecule has 2 atom stereocenters. The van der Waals surface area contributed by atoms with Crippen LogP contribution < -0.4 is 10.7 Å². The molecule has 1 unspecified atom stereocenters. The summed E-state index contributed by atoms with van der Waals surface area (Å²) in [7, 11) is 1.62. The van der Waals surface area contributed by atoms with E-state index in [9.17, 15) is 18.0 Å². The Morgan fingerprint density at radius 2 is 2.06 bits per heavy atom. The van der Waals surface area contributed by atoms with Gasteiger partial charge in [0.25, 0.3) is 5.91 Å². The van der Waals surface area contributed by atoms with E-state index in [1.807, 2.05) is 5.01 Å². The fourth-order valence-electron chi connectivity index (χ4n) is 4.42. The van der Waals surface area contributed by atoms with Gasteiger partial charge in [-0.3, -0.25) is 10.2 Å². The number of rotatable bonds is 6. The Kier molecular flexibility index (Phi) is 7.14. The van der Waals surface area contributed by atoms with Crippen LogP contribution in [0.5, 0.6) is 0 Å². The van der Waals surface area contributed by atoms with Crippen molar-refractivity contribution in [2.75, 3.05) is 25.6 Å². The molecular weight excluding hydrogens is 494 g/mol. The molecule has 2 aromatic rings. The van der Waals surface area contributed by atoms with Crippen molar-refractivity contribution >= 4 is 34.9 Å². The second-order valence-electron chi connectivity index (χ2n) is 8.31. The molecule has 184 valence electrons. The van der Waals surface area contributed by atoms with E-state index in [0.717, 1.165) is 30.0 Å². The number of aromatic nitrogens is 2. The van der Waals surface area contributed by atoms with Crippen molar-refractivity contribution in [2.24, 2.45) is 0 Å². The molecule has 4 rings (SSSR count). The molecule has 0 radical (unpaired) electrons. The molecule has 2 aliphatic rings. The summed E-state index contributed by atoms with van der Waals surface area (Å²) >= 11 is 12.3. The molecule has 0 bridgehead atoms. The molecular formula is C22H24Cl2F3N5O2. The molecule has 12 heteroatoms. The quantitative estimate of drug-likeness (QED) is 0.562. The Balaban J connectivity index is 1.73. The number of hydrogen-bond donors (Lipinski definition) is 2. The van der Waals surface area contributed by atoms with Gasteiger partial charge in [0, 0.05) is 38.1 Å². The molecule has 7 nitrogen and oxygen atoms in total. The van der Waals surface area contributed by atoms with Crippen LogP contribution in [0, 0.1) is 0 Å². The Morgan fingerprint density at radius 3 is 2.74 bits per heavy atom. The topological polar surface area (TPSA) is 71.4 Å². The molecule has 1 fully saturated rings. The van der Waals surface area contributed by atoms with Crippen molar-refractivity contribution in [3.05, 3.63) is 56.8 Å². The summed E-state index contributed by atoms with van der Waals surface area (Å²) in [6.45, 7) is 2.88. The van der Waals surface area contributed by atoms with Crippen molar-refractivity contribution in [1.82, 2.24) is 20.2 Å². The first-order valence-corrected chi connectivity index (χ1v) is 11.5. The second-order valence-corrected chi connectivity index (χ2v) is 9.12. The lowest BCUT2D eigenvalue weighted by Crippen LogP contribution is -2.47. The van der Waals surface area contributed by atoms with Gasteiger partial charge in [-0.15, -0.1) is 0 Å². The first-order valence-electron chi connectivity index (χ1n) is 10.8.